The van der Waals surface area contributed by atoms with Gasteiger partial charge in [0.2, 0.25) is 19.2 Å². The number of nitrogens with zero attached hydrogens (tertiary/aromatic N) is 1. The summed E-state index contributed by atoms with van der Waals surface area (Å²) in [4.78, 5) is 78.3. The van der Waals surface area contributed by atoms with Crippen LogP contribution in [-0.2, 0) is 60.9 Å². The first-order valence-electron chi connectivity index (χ1n) is 16.8. The van der Waals surface area contributed by atoms with Gasteiger partial charge in [-0.2, -0.15) is 0 Å². The number of alkyl halides is 1. The van der Waals surface area contributed by atoms with Crippen molar-refractivity contribution in [3.63, 3.8) is 0 Å². The summed E-state index contributed by atoms with van der Waals surface area (Å²) in [6.45, 7) is 9.37. The molecule has 0 radical (unpaired) electrons. The van der Waals surface area contributed by atoms with Gasteiger partial charge in [0.1, 0.15) is 18.8 Å². The zero-order chi connectivity index (χ0) is 41.0. The maximum Gasteiger partial charge on any atom is 0.510 e. The molecule has 3 rings (SSSR count). The van der Waals surface area contributed by atoms with E-state index in [1.54, 1.807) is 27.7 Å². The molecular weight excluding hydrogens is 750 g/mol. The van der Waals surface area contributed by atoms with E-state index in [-0.39, 0.29) is 0 Å². The summed E-state index contributed by atoms with van der Waals surface area (Å²) in [6.07, 6.45) is -6.88. The predicted molar refractivity (Wildman–Crippen MR) is 179 cm³/mol. The van der Waals surface area contributed by atoms with E-state index in [9.17, 15) is 33.3 Å². The van der Waals surface area contributed by atoms with E-state index in [4.69, 9.17) is 58.2 Å². The average molecular weight is 799 g/mol. The quantitative estimate of drug-likeness (QED) is 0.0827. The first kappa shape index (κ1) is 44.5. The molecule has 1 aliphatic heterocycles. The van der Waals surface area contributed by atoms with Crippen molar-refractivity contribution in [2.24, 2.45) is 23.3 Å². The van der Waals surface area contributed by atoms with Crippen molar-refractivity contribution in [1.82, 2.24) is 9.55 Å². The Hall–Kier alpha value is -3.92. The molecule has 0 aromatic carbocycles. The number of ether oxygens (including phenoxy) is 7. The Morgan fingerprint density at radius 3 is 1.80 bits per heavy atom. The van der Waals surface area contributed by atoms with Crippen LogP contribution < -0.4 is 22.7 Å². The molecule has 1 saturated carbocycles. The Morgan fingerprint density at radius 2 is 1.37 bits per heavy atom. The summed E-state index contributed by atoms with van der Waals surface area (Å²) in [5, 5.41) is 0. The van der Waals surface area contributed by atoms with Crippen molar-refractivity contribution in [1.29, 1.82) is 0 Å². The van der Waals surface area contributed by atoms with Crippen LogP contribution in [0, 0.1) is 11.8 Å². The van der Waals surface area contributed by atoms with Gasteiger partial charge in [0.05, 0.1) is 12.2 Å². The van der Waals surface area contributed by atoms with E-state index in [0.29, 0.717) is 0 Å². The Balaban J connectivity index is 2.20. The molecule has 23 heteroatoms. The number of aromatic nitrogens is 2. The highest BCUT2D eigenvalue weighted by Crippen LogP contribution is 2.74. The summed E-state index contributed by atoms with van der Waals surface area (Å²) in [5.41, 5.74) is 2.41. The van der Waals surface area contributed by atoms with Crippen LogP contribution in [-0.4, -0.2) is 101 Å². The first-order chi connectivity index (χ1) is 25.0. The Morgan fingerprint density at radius 1 is 0.889 bits per heavy atom. The standard InChI is InChI=1S/C31H48FN4O17P/c1-15(2)20(33)22(38)50-29(9)25(36-11-10-19(37)35-26(36)40)52-30(12-32)24(31(29,30)51-23(39)21(34)16(3)4)53-54(43,46-13-44-27(41)48-17(5)6)47-14-45-28(42)49-18(7)8/h10-11,15-18,20-21,24-25H,12-14,33-34H2,1-9H3,(H,35,37,40). The number of carbonyl (C=O) groups excluding carboxylic acids is 4. The van der Waals surface area contributed by atoms with E-state index >= 15 is 4.39 Å². The van der Waals surface area contributed by atoms with E-state index in [2.05, 4.69) is 0 Å². The molecule has 0 bridgehead atoms. The topological polar surface area (TPSA) is 285 Å². The van der Waals surface area contributed by atoms with Crippen LogP contribution in [0.2, 0.25) is 0 Å². The largest absolute Gasteiger partial charge is 0.510 e. The zero-order valence-corrected chi connectivity index (χ0v) is 32.2. The van der Waals surface area contributed by atoms with Crippen molar-refractivity contribution in [3.05, 3.63) is 33.1 Å². The molecule has 306 valence electrons. The fourth-order valence-electron chi connectivity index (χ4n) is 5.44. The number of phosphoric ester groups is 1. The molecule has 1 aromatic rings. The molecule has 7 atom stereocenters. The smallest absolute Gasteiger partial charge is 0.449 e. The second kappa shape index (κ2) is 17.3. The number of H-pyrrole nitrogens is 1. The van der Waals surface area contributed by atoms with Gasteiger partial charge in [0, 0.05) is 12.3 Å². The third-order valence-corrected chi connectivity index (χ3v) is 9.71. The van der Waals surface area contributed by atoms with E-state index < -0.39 is 129 Å². The summed E-state index contributed by atoms with van der Waals surface area (Å²) in [5.74, 6) is -3.49. The minimum atomic E-state index is -5.28. The van der Waals surface area contributed by atoms with Crippen LogP contribution in [0.1, 0.15) is 68.5 Å². The number of rotatable bonds is 18. The molecule has 1 aromatic heterocycles. The highest BCUT2D eigenvalue weighted by atomic mass is 31.2. The molecular formula is C31H48FN4O17P. The van der Waals surface area contributed by atoms with Gasteiger partial charge in [-0.15, -0.1) is 0 Å². The van der Waals surface area contributed by atoms with Crippen LogP contribution in [0.3, 0.4) is 0 Å². The lowest BCUT2D eigenvalue weighted by Crippen LogP contribution is -2.58. The molecule has 0 spiro atoms. The van der Waals surface area contributed by atoms with Crippen LogP contribution in [0.15, 0.2) is 21.9 Å². The lowest BCUT2D eigenvalue weighted by molar-refractivity contribution is -0.214. The van der Waals surface area contributed by atoms with Gasteiger partial charge in [0.15, 0.2) is 23.5 Å². The highest BCUT2D eigenvalue weighted by Gasteiger charge is 2.98. The first-order valence-corrected chi connectivity index (χ1v) is 18.2. The average Bonchev–Trinajstić information content (AvgIpc) is 3.51. The zero-order valence-electron chi connectivity index (χ0n) is 31.3. The maximum absolute atomic E-state index is 15.7. The van der Waals surface area contributed by atoms with Crippen molar-refractivity contribution in [2.75, 3.05) is 20.3 Å². The number of esters is 2. The fraction of sp³-hybridized carbons (Fsp3) is 0.742. The highest BCUT2D eigenvalue weighted by molar-refractivity contribution is 7.48. The number of halogens is 1. The molecule has 2 heterocycles. The van der Waals surface area contributed by atoms with Crippen molar-refractivity contribution in [2.45, 2.75) is 116 Å². The van der Waals surface area contributed by atoms with Gasteiger partial charge in [-0.25, -0.2) is 32.4 Å². The monoisotopic (exact) mass is 798 g/mol. The lowest BCUT2D eigenvalue weighted by Gasteiger charge is -2.39. The van der Waals surface area contributed by atoms with Gasteiger partial charge in [0.25, 0.3) is 5.56 Å². The second-order valence-corrected chi connectivity index (χ2v) is 15.4. The predicted octanol–water partition coefficient (Wildman–Crippen LogP) is 1.90. The minimum Gasteiger partial charge on any atom is -0.449 e. The number of hydrogen-bond donors (Lipinski definition) is 3. The number of nitrogens with two attached hydrogens (primary N) is 2. The molecule has 54 heavy (non-hydrogen) atoms. The summed E-state index contributed by atoms with van der Waals surface area (Å²) >= 11 is 0. The summed E-state index contributed by atoms with van der Waals surface area (Å²) in [6, 6.07) is -1.84. The van der Waals surface area contributed by atoms with Crippen LogP contribution in [0.5, 0.6) is 0 Å². The van der Waals surface area contributed by atoms with E-state index in [0.717, 1.165) is 23.8 Å². The lowest BCUT2D eigenvalue weighted by atomic mass is 9.92. The van der Waals surface area contributed by atoms with Gasteiger partial charge in [-0.1, -0.05) is 27.7 Å². The Labute approximate surface area is 308 Å². The third-order valence-electron chi connectivity index (χ3n) is 8.40. The Bertz CT molecular complexity index is 1670. The van der Waals surface area contributed by atoms with Gasteiger partial charge < -0.3 is 44.6 Å². The van der Waals surface area contributed by atoms with E-state index in [1.165, 1.54) is 27.7 Å². The Kier molecular flexibility index (Phi) is 14.2. The second-order valence-electron chi connectivity index (χ2n) is 13.8. The van der Waals surface area contributed by atoms with Gasteiger partial charge in [-0.05, 0) is 46.5 Å². The number of nitrogens with one attached hydrogen (secondary N) is 1. The molecule has 2 fully saturated rings. The van der Waals surface area contributed by atoms with Crippen molar-refractivity contribution in [3.8, 4) is 0 Å². The fourth-order valence-corrected chi connectivity index (χ4v) is 6.58. The van der Waals surface area contributed by atoms with Gasteiger partial charge in [-0.3, -0.25) is 28.5 Å². The van der Waals surface area contributed by atoms with Crippen LogP contribution in [0.4, 0.5) is 14.0 Å². The number of fused-ring (bicyclic) bond motifs is 1. The molecule has 0 amide bonds. The minimum absolute atomic E-state index is 0.547. The molecule has 5 N–H and O–H groups in total. The summed E-state index contributed by atoms with van der Waals surface area (Å²) < 4.78 is 83.6. The number of hydrogen-bond acceptors (Lipinski definition) is 19. The van der Waals surface area contributed by atoms with Crippen LogP contribution >= 0.6 is 7.82 Å². The summed E-state index contributed by atoms with van der Waals surface area (Å²) in [7, 11) is -5.28. The SMILES string of the molecule is CC(C)OC(=O)OCOP(=O)(OCOC(=O)OC(C)C)OC1C2(CF)OC(n3ccc(=O)[nH]c3=O)C(C)(OC(=O)C(N)C(C)C)C12OC(=O)C(N)C(C)C. The molecule has 1 saturated heterocycles. The number of phosphoric acid groups is 1. The van der Waals surface area contributed by atoms with E-state index in [1.807, 2.05) is 4.98 Å². The van der Waals surface area contributed by atoms with Crippen LogP contribution in [0.25, 0.3) is 0 Å². The molecule has 7 unspecified atom stereocenters. The molecule has 21 nitrogen and oxygen atoms in total. The number of aromatic amines is 1. The number of carbonyl (C=O) groups is 4. The molecule has 2 aliphatic rings. The maximum atomic E-state index is 15.7. The normalized spacial score (nSPS) is 25.9. The van der Waals surface area contributed by atoms with Crippen molar-refractivity contribution < 1.29 is 74.9 Å². The molecule has 1 aliphatic carbocycles. The third kappa shape index (κ3) is 9.12. The van der Waals surface area contributed by atoms with Crippen molar-refractivity contribution >= 4 is 32.1 Å². The van der Waals surface area contributed by atoms with Gasteiger partial charge >= 0.3 is 37.8 Å².